The molecule has 0 radical (unpaired) electrons. The van der Waals surface area contributed by atoms with Gasteiger partial charge in [0.05, 0.1) is 35.3 Å². The number of hydrogen-bond donors (Lipinski definition) is 1. The number of hydrogen-bond acceptors (Lipinski definition) is 7. The Bertz CT molecular complexity index is 1530. The van der Waals surface area contributed by atoms with E-state index in [-0.39, 0.29) is 12.6 Å². The molecule has 1 N–H and O–H groups in total. The molecule has 2 heterocycles. The number of ether oxygens (including phenoxy) is 2. The van der Waals surface area contributed by atoms with Gasteiger partial charge in [0.2, 0.25) is 0 Å². The molecule has 10 heteroatoms. The van der Waals surface area contributed by atoms with Crippen LogP contribution >= 0.6 is 11.6 Å². The average Bonchev–Trinajstić information content (AvgIpc) is 3.30. The van der Waals surface area contributed by atoms with Crippen molar-refractivity contribution in [3.05, 3.63) is 88.2 Å². The fourth-order valence-electron chi connectivity index (χ4n) is 4.70. The fourth-order valence-corrected chi connectivity index (χ4v) is 4.97. The number of methoxy groups -OCH3 is 1. The maximum absolute atomic E-state index is 13.2. The summed E-state index contributed by atoms with van der Waals surface area (Å²) >= 11 is 6.30. The fraction of sp³-hybridized carbons (Fsp3) is 0.276. The number of aromatic nitrogens is 2. The van der Waals surface area contributed by atoms with Gasteiger partial charge in [0.15, 0.2) is 0 Å². The van der Waals surface area contributed by atoms with Crippen molar-refractivity contribution in [2.75, 3.05) is 33.3 Å². The van der Waals surface area contributed by atoms with Crippen LogP contribution in [0.2, 0.25) is 5.02 Å². The third-order valence-corrected chi connectivity index (χ3v) is 7.11. The van der Waals surface area contributed by atoms with Crippen molar-refractivity contribution in [3.63, 3.8) is 0 Å². The highest BCUT2D eigenvalue weighted by Crippen LogP contribution is 2.30. The van der Waals surface area contributed by atoms with Crippen LogP contribution in [0.4, 0.5) is 0 Å². The van der Waals surface area contributed by atoms with E-state index in [0.29, 0.717) is 77.2 Å². The third kappa shape index (κ3) is 5.75. The summed E-state index contributed by atoms with van der Waals surface area (Å²) in [6.45, 7) is 4.62. The molecule has 39 heavy (non-hydrogen) atoms. The predicted octanol–water partition coefficient (Wildman–Crippen LogP) is 4.48. The van der Waals surface area contributed by atoms with E-state index in [2.05, 4.69) is 9.88 Å². The van der Waals surface area contributed by atoms with E-state index < -0.39 is 5.97 Å². The Morgan fingerprint density at radius 1 is 1.00 bits per heavy atom. The minimum Gasteiger partial charge on any atom is -0.465 e. The number of rotatable bonds is 7. The molecule has 1 amide bonds. The first-order chi connectivity index (χ1) is 18.9. The average molecular weight is 549 g/mol. The maximum Gasteiger partial charge on any atom is 0.337 e. The minimum absolute atomic E-state index is 0.0620. The number of fused-ring (bicyclic) bond motifs is 1. The van der Waals surface area contributed by atoms with Crippen molar-refractivity contribution in [2.45, 2.75) is 20.2 Å². The van der Waals surface area contributed by atoms with E-state index in [4.69, 9.17) is 21.1 Å². The molecule has 0 saturated carbocycles. The Morgan fingerprint density at radius 3 is 2.51 bits per heavy atom. The molecule has 0 spiro atoms. The van der Waals surface area contributed by atoms with Gasteiger partial charge in [-0.25, -0.2) is 9.78 Å². The van der Waals surface area contributed by atoms with Gasteiger partial charge in [0.1, 0.15) is 24.1 Å². The summed E-state index contributed by atoms with van der Waals surface area (Å²) in [6, 6.07) is 17.8. The molecule has 4 aromatic rings. The molecule has 0 atom stereocenters. The Hall–Kier alpha value is -3.92. The highest BCUT2D eigenvalue weighted by Gasteiger charge is 2.24. The molecule has 5 rings (SSSR count). The first-order valence-electron chi connectivity index (χ1n) is 12.6. The Labute approximate surface area is 231 Å². The molecule has 1 aromatic heterocycles. The van der Waals surface area contributed by atoms with E-state index in [0.717, 1.165) is 5.56 Å². The number of amides is 1. The largest absolute Gasteiger partial charge is 0.465 e. The molecule has 1 aliphatic heterocycles. The lowest BCUT2D eigenvalue weighted by atomic mass is 10.1. The van der Waals surface area contributed by atoms with E-state index >= 15 is 0 Å². The van der Waals surface area contributed by atoms with Gasteiger partial charge in [0.25, 0.3) is 5.91 Å². The van der Waals surface area contributed by atoms with Crippen LogP contribution in [0.1, 0.15) is 32.1 Å². The van der Waals surface area contributed by atoms with Crippen molar-refractivity contribution in [3.8, 4) is 11.5 Å². The van der Waals surface area contributed by atoms with Crippen molar-refractivity contribution in [1.29, 1.82) is 0 Å². The summed E-state index contributed by atoms with van der Waals surface area (Å²) in [5.41, 5.74) is 3.34. The number of halogens is 1. The second kappa shape index (κ2) is 11.4. The number of aryl methyl sites for hydroxylation is 1. The van der Waals surface area contributed by atoms with Gasteiger partial charge in [0, 0.05) is 31.7 Å². The molecular weight excluding hydrogens is 520 g/mol. The first kappa shape index (κ1) is 26.7. The lowest BCUT2D eigenvalue weighted by Crippen LogP contribution is -2.48. The highest BCUT2D eigenvalue weighted by molar-refractivity contribution is 6.32. The van der Waals surface area contributed by atoms with Crippen LogP contribution in [0.3, 0.4) is 0 Å². The SMILES string of the molecule is COC(=O)c1ccc2nc(CN3CCN(C(=O)c4cccc(Oc5ccc(C)cc5Cl)c4)CC3)n(CO)c2c1. The summed E-state index contributed by atoms with van der Waals surface area (Å²) in [7, 11) is 1.33. The zero-order chi connectivity index (χ0) is 27.5. The van der Waals surface area contributed by atoms with Crippen LogP contribution in [0.5, 0.6) is 11.5 Å². The summed E-state index contributed by atoms with van der Waals surface area (Å²) in [5.74, 6) is 1.27. The number of benzene rings is 3. The molecule has 0 bridgehead atoms. The number of nitrogens with zero attached hydrogens (tertiary/aromatic N) is 4. The summed E-state index contributed by atoms with van der Waals surface area (Å²) in [6.07, 6.45) is 0. The van der Waals surface area contributed by atoms with Gasteiger partial charge in [-0.05, 0) is 61.0 Å². The van der Waals surface area contributed by atoms with E-state index in [9.17, 15) is 14.7 Å². The van der Waals surface area contributed by atoms with Crippen molar-refractivity contribution in [2.24, 2.45) is 0 Å². The number of carbonyl (C=O) groups is 2. The minimum atomic E-state index is -0.444. The van der Waals surface area contributed by atoms with Gasteiger partial charge in [-0.3, -0.25) is 9.69 Å². The summed E-state index contributed by atoms with van der Waals surface area (Å²) < 4.78 is 12.4. The summed E-state index contributed by atoms with van der Waals surface area (Å²) in [4.78, 5) is 33.9. The summed E-state index contributed by atoms with van der Waals surface area (Å²) in [5, 5.41) is 10.5. The van der Waals surface area contributed by atoms with Crippen LogP contribution in [-0.2, 0) is 18.0 Å². The normalized spacial score (nSPS) is 14.0. The Morgan fingerprint density at radius 2 is 1.79 bits per heavy atom. The molecular formula is C29H29ClN4O5. The standard InChI is InChI=1S/C29H29ClN4O5/c1-19-6-9-26(23(30)14-19)39-22-5-3-4-20(15-22)28(36)33-12-10-32(11-13-33)17-27-31-24-8-7-21(29(37)38-2)16-25(24)34(27)18-35/h3-9,14-16,35H,10-13,17-18H2,1-2H3. The van der Waals surface area contributed by atoms with Crippen LogP contribution in [0, 0.1) is 6.92 Å². The third-order valence-electron chi connectivity index (χ3n) is 6.81. The van der Waals surface area contributed by atoms with E-state index in [1.807, 2.05) is 30.0 Å². The molecule has 1 aliphatic rings. The van der Waals surface area contributed by atoms with Gasteiger partial charge in [-0.1, -0.05) is 23.7 Å². The number of carbonyl (C=O) groups excluding carboxylic acids is 2. The second-order valence-electron chi connectivity index (χ2n) is 9.42. The van der Waals surface area contributed by atoms with E-state index in [1.165, 1.54) is 7.11 Å². The van der Waals surface area contributed by atoms with Crippen LogP contribution in [0.15, 0.2) is 60.7 Å². The van der Waals surface area contributed by atoms with Crippen molar-refractivity contribution < 1.29 is 24.2 Å². The zero-order valence-electron chi connectivity index (χ0n) is 21.8. The van der Waals surface area contributed by atoms with Gasteiger partial charge in [-0.15, -0.1) is 0 Å². The van der Waals surface area contributed by atoms with Crippen molar-refractivity contribution in [1.82, 2.24) is 19.4 Å². The lowest BCUT2D eigenvalue weighted by molar-refractivity contribution is 0.0597. The molecule has 3 aromatic carbocycles. The monoisotopic (exact) mass is 548 g/mol. The Balaban J connectivity index is 1.23. The van der Waals surface area contributed by atoms with Gasteiger partial charge >= 0.3 is 5.97 Å². The highest BCUT2D eigenvalue weighted by atomic mass is 35.5. The van der Waals surface area contributed by atoms with E-state index in [1.54, 1.807) is 47.0 Å². The van der Waals surface area contributed by atoms with Crippen molar-refractivity contribution >= 4 is 34.5 Å². The smallest absolute Gasteiger partial charge is 0.337 e. The topological polar surface area (TPSA) is 97.1 Å². The molecule has 1 fully saturated rings. The second-order valence-corrected chi connectivity index (χ2v) is 9.83. The first-order valence-corrected chi connectivity index (χ1v) is 13.0. The number of aliphatic hydroxyl groups is 1. The molecule has 9 nitrogen and oxygen atoms in total. The number of esters is 1. The number of imidazole rings is 1. The van der Waals surface area contributed by atoms with Crippen LogP contribution in [0.25, 0.3) is 11.0 Å². The molecule has 1 saturated heterocycles. The maximum atomic E-state index is 13.2. The van der Waals surface area contributed by atoms with Gasteiger partial charge < -0.3 is 24.0 Å². The number of piperazine rings is 1. The number of aliphatic hydroxyl groups excluding tert-OH is 1. The lowest BCUT2D eigenvalue weighted by Gasteiger charge is -2.34. The molecule has 0 aliphatic carbocycles. The van der Waals surface area contributed by atoms with Gasteiger partial charge in [-0.2, -0.15) is 0 Å². The Kier molecular flexibility index (Phi) is 7.83. The molecule has 0 unspecified atom stereocenters. The van der Waals surface area contributed by atoms with Crippen LogP contribution in [-0.4, -0.2) is 69.6 Å². The zero-order valence-corrected chi connectivity index (χ0v) is 22.5. The molecule has 202 valence electrons. The van der Waals surface area contributed by atoms with Crippen LogP contribution < -0.4 is 4.74 Å². The quantitative estimate of drug-likeness (QED) is 0.340. The predicted molar refractivity (Wildman–Crippen MR) is 147 cm³/mol.